The monoisotopic (exact) mass is 346 g/mol. The molecule has 0 aliphatic carbocycles. The van der Waals surface area contributed by atoms with Gasteiger partial charge < -0.3 is 0 Å². The number of imidazole rings is 2. The van der Waals surface area contributed by atoms with E-state index >= 15 is 0 Å². The van der Waals surface area contributed by atoms with Crippen molar-refractivity contribution in [1.82, 2.24) is 18.3 Å². The lowest BCUT2D eigenvalue weighted by molar-refractivity contribution is 0.570. The molecule has 2 aromatic carbocycles. The first-order valence-electron chi connectivity index (χ1n) is 8.32. The van der Waals surface area contributed by atoms with Crippen LogP contribution in [0.15, 0.2) is 71.3 Å². The van der Waals surface area contributed by atoms with Crippen LogP contribution in [0.2, 0.25) is 0 Å². The Morgan fingerprint density at radius 1 is 0.654 bits per heavy atom. The molecule has 0 unspecified atom stereocenters. The number of fused-ring (bicyclic) bond motifs is 2. The van der Waals surface area contributed by atoms with Gasteiger partial charge >= 0.3 is 11.4 Å². The van der Waals surface area contributed by atoms with E-state index in [-0.39, 0.29) is 11.4 Å². The Labute approximate surface area is 149 Å². The van der Waals surface area contributed by atoms with Gasteiger partial charge in [-0.2, -0.15) is 0 Å². The van der Waals surface area contributed by atoms with Gasteiger partial charge in [0.2, 0.25) is 0 Å². The van der Waals surface area contributed by atoms with Crippen LogP contribution in [0.4, 0.5) is 0 Å². The zero-order chi connectivity index (χ0) is 18.3. The minimum atomic E-state index is -0.165. The number of para-hydroxylation sites is 4. The maximum Gasteiger partial charge on any atom is 0.333 e. The third-order valence-electron chi connectivity index (χ3n) is 4.65. The Bertz CT molecular complexity index is 1170. The normalized spacial score (nSPS) is 11.2. The predicted octanol–water partition coefficient (Wildman–Crippen LogP) is 2.82. The van der Waals surface area contributed by atoms with E-state index in [1.807, 2.05) is 48.5 Å². The molecule has 0 fully saturated rings. The fourth-order valence-corrected chi connectivity index (χ4v) is 3.45. The topological polar surface area (TPSA) is 53.9 Å². The molecule has 0 aliphatic heterocycles. The second-order valence-electron chi connectivity index (χ2n) is 5.95. The van der Waals surface area contributed by atoms with Gasteiger partial charge in [0, 0.05) is 25.5 Å². The largest absolute Gasteiger partial charge is 0.333 e. The van der Waals surface area contributed by atoms with Gasteiger partial charge in [-0.25, -0.2) is 9.59 Å². The van der Waals surface area contributed by atoms with E-state index in [1.165, 1.54) is 21.5 Å². The van der Waals surface area contributed by atoms with Crippen molar-refractivity contribution in [3.63, 3.8) is 0 Å². The van der Waals surface area contributed by atoms with Gasteiger partial charge in [0.15, 0.2) is 0 Å². The van der Waals surface area contributed by atoms with Gasteiger partial charge in [-0.15, -0.1) is 0 Å². The molecule has 0 aliphatic rings. The number of rotatable bonds is 5. The van der Waals surface area contributed by atoms with Gasteiger partial charge in [-0.3, -0.25) is 18.3 Å². The van der Waals surface area contributed by atoms with Crippen LogP contribution in [-0.2, 0) is 13.1 Å². The molecule has 0 amide bonds. The highest BCUT2D eigenvalue weighted by Gasteiger charge is 2.14. The molecule has 26 heavy (non-hydrogen) atoms. The number of hydrogen-bond donors (Lipinski definition) is 0. The molecule has 6 heteroatoms. The highest BCUT2D eigenvalue weighted by molar-refractivity contribution is 5.79. The number of nitrogens with zero attached hydrogens (tertiary/aromatic N) is 4. The summed E-state index contributed by atoms with van der Waals surface area (Å²) in [6.45, 7) is 8.21. The maximum atomic E-state index is 12.7. The molecule has 4 aromatic rings. The fourth-order valence-electron chi connectivity index (χ4n) is 3.45. The van der Waals surface area contributed by atoms with E-state index in [1.54, 1.807) is 9.13 Å². The Morgan fingerprint density at radius 3 is 1.35 bits per heavy atom. The van der Waals surface area contributed by atoms with Crippen molar-refractivity contribution in [1.29, 1.82) is 0 Å². The lowest BCUT2D eigenvalue weighted by Crippen LogP contribution is -2.27. The number of aromatic nitrogens is 4. The molecule has 130 valence electrons. The van der Waals surface area contributed by atoms with Crippen LogP contribution in [0.25, 0.3) is 34.5 Å². The average molecular weight is 346 g/mol. The lowest BCUT2D eigenvalue weighted by Gasteiger charge is -2.05. The Kier molecular flexibility index (Phi) is 3.73. The molecule has 0 N–H and O–H groups in total. The van der Waals surface area contributed by atoms with Crippen molar-refractivity contribution in [3.05, 3.63) is 82.7 Å². The first-order chi connectivity index (χ1) is 12.7. The first-order valence-corrected chi connectivity index (χ1v) is 8.32. The summed E-state index contributed by atoms with van der Waals surface area (Å²) in [5.41, 5.74) is 2.90. The van der Waals surface area contributed by atoms with Crippen LogP contribution in [0.5, 0.6) is 0 Å². The third kappa shape index (κ3) is 2.19. The molecular weight excluding hydrogens is 328 g/mol. The molecular formula is C20H18N4O2. The van der Waals surface area contributed by atoms with Crippen LogP contribution < -0.4 is 11.4 Å². The van der Waals surface area contributed by atoms with Gasteiger partial charge in [-0.05, 0) is 24.3 Å². The molecule has 0 saturated carbocycles. The zero-order valence-corrected chi connectivity index (χ0v) is 14.2. The molecule has 6 nitrogen and oxygen atoms in total. The van der Waals surface area contributed by atoms with Gasteiger partial charge in [0.05, 0.1) is 22.1 Å². The molecule has 0 spiro atoms. The lowest BCUT2D eigenvalue weighted by atomic mass is 10.3. The van der Waals surface area contributed by atoms with E-state index in [0.717, 1.165) is 22.1 Å². The molecule has 0 bridgehead atoms. The average Bonchev–Trinajstić information content (AvgIpc) is 3.10. The summed E-state index contributed by atoms with van der Waals surface area (Å²) in [7, 11) is 0. The summed E-state index contributed by atoms with van der Waals surface area (Å²) in [5.74, 6) is 0. The van der Waals surface area contributed by atoms with E-state index in [0.29, 0.717) is 13.1 Å². The Balaban J connectivity index is 1.83. The minimum absolute atomic E-state index is 0.165. The Hall–Kier alpha value is -3.54. The van der Waals surface area contributed by atoms with E-state index in [4.69, 9.17) is 0 Å². The zero-order valence-electron chi connectivity index (χ0n) is 14.2. The number of aryl methyl sites for hydroxylation is 2. The summed E-state index contributed by atoms with van der Waals surface area (Å²) in [6, 6.07) is 15.1. The first kappa shape index (κ1) is 16.0. The minimum Gasteiger partial charge on any atom is -0.290 e. The molecule has 0 atom stereocenters. The highest BCUT2D eigenvalue weighted by Crippen LogP contribution is 2.15. The van der Waals surface area contributed by atoms with Crippen LogP contribution in [-0.4, -0.2) is 18.3 Å². The SMILES string of the molecule is C=Cn1c(=O)n(CCn2c(=O)n(C=C)c3ccccc32)c2ccccc21. The maximum absolute atomic E-state index is 12.7. The second kappa shape index (κ2) is 6.07. The molecule has 0 radical (unpaired) electrons. The molecule has 4 rings (SSSR count). The number of benzene rings is 2. The second-order valence-corrected chi connectivity index (χ2v) is 5.95. The van der Waals surface area contributed by atoms with E-state index < -0.39 is 0 Å². The van der Waals surface area contributed by atoms with Crippen molar-refractivity contribution in [3.8, 4) is 0 Å². The summed E-state index contributed by atoms with van der Waals surface area (Å²) in [4.78, 5) is 25.4. The fraction of sp³-hybridized carbons (Fsp3) is 0.100. The summed E-state index contributed by atoms with van der Waals surface area (Å²) in [5, 5.41) is 0. The molecule has 2 heterocycles. The summed E-state index contributed by atoms with van der Waals surface area (Å²) >= 11 is 0. The van der Waals surface area contributed by atoms with E-state index in [9.17, 15) is 9.59 Å². The van der Waals surface area contributed by atoms with Gasteiger partial charge in [-0.1, -0.05) is 37.4 Å². The van der Waals surface area contributed by atoms with Crippen LogP contribution in [0.1, 0.15) is 0 Å². The van der Waals surface area contributed by atoms with Crippen molar-refractivity contribution < 1.29 is 0 Å². The standard InChI is InChI=1S/C20H18N4O2/c1-3-21-15-9-5-7-11-17(15)23(19(21)25)13-14-24-18-12-8-6-10-16(18)22(4-2)20(24)26/h3-12H,1-2,13-14H2. The van der Waals surface area contributed by atoms with Crippen molar-refractivity contribution in [2.24, 2.45) is 0 Å². The highest BCUT2D eigenvalue weighted by atomic mass is 16.2. The molecule has 0 saturated heterocycles. The predicted molar refractivity (Wildman–Crippen MR) is 105 cm³/mol. The Morgan fingerprint density at radius 2 is 1.00 bits per heavy atom. The van der Waals surface area contributed by atoms with Crippen LogP contribution >= 0.6 is 0 Å². The van der Waals surface area contributed by atoms with Crippen molar-refractivity contribution in [2.75, 3.05) is 0 Å². The van der Waals surface area contributed by atoms with Gasteiger partial charge in [0.1, 0.15) is 0 Å². The van der Waals surface area contributed by atoms with E-state index in [2.05, 4.69) is 13.2 Å². The smallest absolute Gasteiger partial charge is 0.290 e. The van der Waals surface area contributed by atoms with Gasteiger partial charge in [0.25, 0.3) is 0 Å². The number of hydrogen-bond acceptors (Lipinski definition) is 2. The van der Waals surface area contributed by atoms with Crippen molar-refractivity contribution >= 4 is 34.5 Å². The van der Waals surface area contributed by atoms with Crippen molar-refractivity contribution in [2.45, 2.75) is 13.1 Å². The quantitative estimate of drug-likeness (QED) is 0.558. The summed E-state index contributed by atoms with van der Waals surface area (Å²) < 4.78 is 6.38. The van der Waals surface area contributed by atoms with Crippen LogP contribution in [0.3, 0.4) is 0 Å². The third-order valence-corrected chi connectivity index (χ3v) is 4.65. The summed E-state index contributed by atoms with van der Waals surface area (Å²) in [6.07, 6.45) is 3.02. The molecule has 2 aromatic heterocycles. The van der Waals surface area contributed by atoms with Crippen LogP contribution in [0, 0.1) is 0 Å².